The molecule has 2 aromatic rings. The van der Waals surface area contributed by atoms with Crippen LogP contribution in [-0.4, -0.2) is 0 Å². The highest BCUT2D eigenvalue weighted by Gasteiger charge is 2.17. The Kier molecular flexibility index (Phi) is 4.87. The lowest BCUT2D eigenvalue weighted by atomic mass is 10.0. The van der Waals surface area contributed by atoms with E-state index in [-0.39, 0.29) is 10.6 Å². The Morgan fingerprint density at radius 3 is 2.74 bits per heavy atom. The van der Waals surface area contributed by atoms with Crippen LogP contribution in [0.25, 0.3) is 0 Å². The van der Waals surface area contributed by atoms with Gasteiger partial charge in [-0.05, 0) is 36.4 Å². The maximum Gasteiger partial charge on any atom is 0.142 e. The molecule has 0 aliphatic rings. The highest BCUT2D eigenvalue weighted by atomic mass is 35.5. The molecule has 1 atom stereocenters. The number of nitrogens with two attached hydrogens (primary N) is 1. The van der Waals surface area contributed by atoms with Crippen LogP contribution in [0.4, 0.5) is 8.78 Å². The van der Waals surface area contributed by atoms with E-state index in [1.165, 1.54) is 4.88 Å². The number of nitrogens with one attached hydrogen (secondary N) is 1. The third-order valence-corrected chi connectivity index (χ3v) is 4.10. The van der Waals surface area contributed by atoms with E-state index in [0.717, 1.165) is 18.6 Å². The molecule has 0 amide bonds. The van der Waals surface area contributed by atoms with Crippen LogP contribution in [0.15, 0.2) is 29.6 Å². The molecular formula is C13H13ClF2N2S. The summed E-state index contributed by atoms with van der Waals surface area (Å²) in [6.07, 6.45) is 1.32. The van der Waals surface area contributed by atoms with Crippen LogP contribution < -0.4 is 11.3 Å². The molecule has 19 heavy (non-hydrogen) atoms. The SMILES string of the molecule is NNC(CCc1cccs1)c1cc(F)c(Cl)cc1F. The largest absolute Gasteiger partial charge is 0.271 e. The van der Waals surface area contributed by atoms with Crippen molar-refractivity contribution in [2.24, 2.45) is 5.84 Å². The summed E-state index contributed by atoms with van der Waals surface area (Å²) in [6.45, 7) is 0. The van der Waals surface area contributed by atoms with Gasteiger partial charge >= 0.3 is 0 Å². The normalized spacial score (nSPS) is 12.6. The van der Waals surface area contributed by atoms with Gasteiger partial charge in [0.2, 0.25) is 0 Å². The van der Waals surface area contributed by atoms with Gasteiger partial charge in [-0.3, -0.25) is 11.3 Å². The summed E-state index contributed by atoms with van der Waals surface area (Å²) >= 11 is 7.15. The number of rotatable bonds is 5. The molecule has 102 valence electrons. The first-order valence-corrected chi connectivity index (χ1v) is 7.00. The second-order valence-corrected chi connectivity index (χ2v) is 5.56. The Morgan fingerprint density at radius 2 is 2.11 bits per heavy atom. The van der Waals surface area contributed by atoms with E-state index < -0.39 is 17.7 Å². The topological polar surface area (TPSA) is 38.0 Å². The maximum absolute atomic E-state index is 13.8. The molecular weight excluding hydrogens is 290 g/mol. The fraction of sp³-hybridized carbons (Fsp3) is 0.231. The van der Waals surface area contributed by atoms with Crippen LogP contribution >= 0.6 is 22.9 Å². The fourth-order valence-electron chi connectivity index (χ4n) is 1.88. The molecule has 0 spiro atoms. The lowest BCUT2D eigenvalue weighted by Crippen LogP contribution is -2.29. The number of benzene rings is 1. The van der Waals surface area contributed by atoms with Gasteiger partial charge in [-0.2, -0.15) is 0 Å². The minimum atomic E-state index is -0.644. The molecule has 0 aliphatic carbocycles. The predicted molar refractivity (Wildman–Crippen MR) is 74.1 cm³/mol. The number of thiophene rings is 1. The molecule has 0 saturated carbocycles. The Hall–Kier alpha value is -1.01. The first-order valence-electron chi connectivity index (χ1n) is 5.74. The summed E-state index contributed by atoms with van der Waals surface area (Å²) in [6, 6.07) is 5.57. The molecule has 1 aromatic carbocycles. The van der Waals surface area contributed by atoms with E-state index in [1.807, 2.05) is 17.5 Å². The number of hydrogen-bond acceptors (Lipinski definition) is 3. The van der Waals surface area contributed by atoms with Crippen LogP contribution in [0.1, 0.15) is 22.9 Å². The second-order valence-electron chi connectivity index (χ2n) is 4.13. The summed E-state index contributed by atoms with van der Waals surface area (Å²) in [5.41, 5.74) is 2.72. The van der Waals surface area contributed by atoms with Crippen LogP contribution in [0.5, 0.6) is 0 Å². The molecule has 0 saturated heterocycles. The third-order valence-electron chi connectivity index (χ3n) is 2.88. The van der Waals surface area contributed by atoms with Gasteiger partial charge in [0.25, 0.3) is 0 Å². The summed E-state index contributed by atoms with van der Waals surface area (Å²) < 4.78 is 27.2. The lowest BCUT2D eigenvalue weighted by Gasteiger charge is -2.17. The van der Waals surface area contributed by atoms with E-state index in [2.05, 4.69) is 5.43 Å². The van der Waals surface area contributed by atoms with Gasteiger partial charge in [-0.25, -0.2) is 8.78 Å². The van der Waals surface area contributed by atoms with E-state index in [9.17, 15) is 8.78 Å². The molecule has 1 aromatic heterocycles. The highest BCUT2D eigenvalue weighted by Crippen LogP contribution is 2.26. The Labute approximate surface area is 119 Å². The number of halogens is 3. The monoisotopic (exact) mass is 302 g/mol. The average molecular weight is 303 g/mol. The van der Waals surface area contributed by atoms with Gasteiger partial charge in [-0.1, -0.05) is 17.7 Å². The molecule has 0 fully saturated rings. The predicted octanol–water partition coefficient (Wildman–Crippen LogP) is 3.82. The van der Waals surface area contributed by atoms with Gasteiger partial charge in [0.1, 0.15) is 11.6 Å². The second kappa shape index (κ2) is 6.43. The number of aryl methyl sites for hydroxylation is 1. The molecule has 1 heterocycles. The van der Waals surface area contributed by atoms with Gasteiger partial charge < -0.3 is 0 Å². The molecule has 2 rings (SSSR count). The zero-order chi connectivity index (χ0) is 13.8. The Bertz CT molecular complexity index is 546. The highest BCUT2D eigenvalue weighted by molar-refractivity contribution is 7.09. The van der Waals surface area contributed by atoms with E-state index in [0.29, 0.717) is 6.42 Å². The summed E-state index contributed by atoms with van der Waals surface area (Å²) in [4.78, 5) is 1.18. The van der Waals surface area contributed by atoms with Crippen molar-refractivity contribution >= 4 is 22.9 Å². The summed E-state index contributed by atoms with van der Waals surface area (Å²) in [5, 5.41) is 1.75. The van der Waals surface area contributed by atoms with Gasteiger partial charge in [0.05, 0.1) is 5.02 Å². The van der Waals surface area contributed by atoms with Crippen molar-refractivity contribution in [3.05, 3.63) is 56.7 Å². The molecule has 2 nitrogen and oxygen atoms in total. The van der Waals surface area contributed by atoms with Gasteiger partial charge in [-0.15, -0.1) is 11.3 Å². The maximum atomic E-state index is 13.8. The Balaban J connectivity index is 2.15. The van der Waals surface area contributed by atoms with Crippen molar-refractivity contribution in [2.45, 2.75) is 18.9 Å². The summed E-state index contributed by atoms with van der Waals surface area (Å²) in [7, 11) is 0. The van der Waals surface area contributed by atoms with Crippen molar-refractivity contribution < 1.29 is 8.78 Å². The minimum absolute atomic E-state index is 0.195. The molecule has 0 bridgehead atoms. The number of hydrazine groups is 1. The van der Waals surface area contributed by atoms with Crippen LogP contribution in [0, 0.1) is 11.6 Å². The number of hydrogen-bond donors (Lipinski definition) is 2. The minimum Gasteiger partial charge on any atom is -0.271 e. The van der Waals surface area contributed by atoms with Crippen molar-refractivity contribution in [1.29, 1.82) is 0 Å². The van der Waals surface area contributed by atoms with Gasteiger partial charge in [0, 0.05) is 16.5 Å². The molecule has 0 radical (unpaired) electrons. The van der Waals surface area contributed by atoms with Crippen molar-refractivity contribution in [1.82, 2.24) is 5.43 Å². The molecule has 6 heteroatoms. The van der Waals surface area contributed by atoms with E-state index >= 15 is 0 Å². The van der Waals surface area contributed by atoms with Crippen molar-refractivity contribution in [3.8, 4) is 0 Å². The third kappa shape index (κ3) is 3.51. The van der Waals surface area contributed by atoms with E-state index in [4.69, 9.17) is 17.4 Å². The van der Waals surface area contributed by atoms with Crippen molar-refractivity contribution in [3.63, 3.8) is 0 Å². The van der Waals surface area contributed by atoms with Crippen LogP contribution in [-0.2, 0) is 6.42 Å². The summed E-state index contributed by atoms with van der Waals surface area (Å²) in [5.74, 6) is 4.23. The average Bonchev–Trinajstić information content (AvgIpc) is 2.89. The molecule has 1 unspecified atom stereocenters. The zero-order valence-electron chi connectivity index (χ0n) is 10.00. The van der Waals surface area contributed by atoms with E-state index in [1.54, 1.807) is 11.3 Å². The zero-order valence-corrected chi connectivity index (χ0v) is 11.6. The van der Waals surface area contributed by atoms with Crippen LogP contribution in [0.3, 0.4) is 0 Å². The quantitative estimate of drug-likeness (QED) is 0.500. The molecule has 0 aliphatic heterocycles. The first kappa shape index (κ1) is 14.4. The van der Waals surface area contributed by atoms with Crippen molar-refractivity contribution in [2.75, 3.05) is 0 Å². The van der Waals surface area contributed by atoms with Gasteiger partial charge in [0.15, 0.2) is 0 Å². The first-order chi connectivity index (χ1) is 9.11. The van der Waals surface area contributed by atoms with Crippen LogP contribution in [0.2, 0.25) is 5.02 Å². The molecule has 3 N–H and O–H groups in total. The standard InChI is InChI=1S/C13H13ClF2N2S/c14-10-7-11(15)9(6-12(10)16)13(18-17)4-3-8-2-1-5-19-8/h1-2,5-7,13,18H,3-4,17H2. The fourth-order valence-corrected chi connectivity index (χ4v) is 2.75. The Morgan fingerprint density at radius 1 is 1.32 bits per heavy atom. The lowest BCUT2D eigenvalue weighted by molar-refractivity contribution is 0.481. The smallest absolute Gasteiger partial charge is 0.142 e.